The van der Waals surface area contributed by atoms with Crippen molar-refractivity contribution < 1.29 is 14.3 Å². The fourth-order valence-corrected chi connectivity index (χ4v) is 3.37. The van der Waals surface area contributed by atoms with Crippen LogP contribution in [0.4, 0.5) is 5.69 Å². The molecular formula is C18H22ClNO3. The zero-order valence-electron chi connectivity index (χ0n) is 13.2. The normalized spacial score (nSPS) is 27.3. The Bertz CT molecular complexity index is 637. The zero-order valence-corrected chi connectivity index (χ0v) is 13.9. The molecule has 3 heterocycles. The molecule has 1 N–H and O–H groups in total. The molecule has 124 valence electrons. The van der Waals surface area contributed by atoms with Crippen molar-refractivity contribution in [3.63, 3.8) is 0 Å². The number of aliphatic imine (C=N–C) groups is 1. The van der Waals surface area contributed by atoms with Crippen LogP contribution < -0.4 is 0 Å². The van der Waals surface area contributed by atoms with E-state index in [2.05, 4.69) is 17.6 Å². The Labute approximate surface area is 141 Å². The third kappa shape index (κ3) is 3.88. The third-order valence-electron chi connectivity index (χ3n) is 4.36. The van der Waals surface area contributed by atoms with E-state index in [9.17, 15) is 5.11 Å². The highest BCUT2D eigenvalue weighted by atomic mass is 35.5. The van der Waals surface area contributed by atoms with Gasteiger partial charge in [-0.15, -0.1) is 0 Å². The number of ether oxygens (including phenoxy) is 1. The highest BCUT2D eigenvalue weighted by Gasteiger charge is 2.25. The highest BCUT2D eigenvalue weighted by molar-refractivity contribution is 6.65. The van der Waals surface area contributed by atoms with E-state index in [1.807, 2.05) is 0 Å². The van der Waals surface area contributed by atoms with Gasteiger partial charge in [0.25, 0.3) is 0 Å². The van der Waals surface area contributed by atoms with E-state index in [1.54, 1.807) is 6.07 Å². The Balaban J connectivity index is 1.98. The van der Waals surface area contributed by atoms with Gasteiger partial charge >= 0.3 is 0 Å². The molecule has 1 aromatic rings. The van der Waals surface area contributed by atoms with Crippen LogP contribution in [0.5, 0.6) is 0 Å². The Morgan fingerprint density at radius 2 is 2.17 bits per heavy atom. The first kappa shape index (κ1) is 16.3. The van der Waals surface area contributed by atoms with E-state index in [-0.39, 0.29) is 5.76 Å². The molecule has 1 unspecified atom stereocenters. The van der Waals surface area contributed by atoms with Gasteiger partial charge in [0.2, 0.25) is 0 Å². The van der Waals surface area contributed by atoms with Crippen molar-refractivity contribution in [3.8, 4) is 0 Å². The molecule has 0 radical (unpaired) electrons. The molecule has 2 aliphatic rings. The predicted octanol–water partition coefficient (Wildman–Crippen LogP) is 5.46. The number of aliphatic hydroxyl groups is 1. The van der Waals surface area contributed by atoms with Gasteiger partial charge in [-0.3, -0.25) is 0 Å². The van der Waals surface area contributed by atoms with Crippen LogP contribution in [0.25, 0.3) is 11.3 Å². The summed E-state index contributed by atoms with van der Waals surface area (Å²) >= 11 is 6.17. The lowest BCUT2D eigenvalue weighted by atomic mass is 9.87. The van der Waals surface area contributed by atoms with Gasteiger partial charge in [0.15, 0.2) is 17.3 Å². The smallest absolute Gasteiger partial charge is 0.170 e. The van der Waals surface area contributed by atoms with Gasteiger partial charge in [-0.1, -0.05) is 30.7 Å². The van der Waals surface area contributed by atoms with Gasteiger partial charge in [0, 0.05) is 25.7 Å². The highest BCUT2D eigenvalue weighted by Crippen LogP contribution is 2.41. The molecule has 1 atom stereocenters. The Morgan fingerprint density at radius 1 is 1.30 bits per heavy atom. The van der Waals surface area contributed by atoms with Crippen molar-refractivity contribution in [3.05, 3.63) is 30.2 Å². The average Bonchev–Trinajstić information content (AvgIpc) is 2.86. The molecule has 1 saturated heterocycles. The second-order valence-corrected chi connectivity index (χ2v) is 6.49. The van der Waals surface area contributed by atoms with Gasteiger partial charge in [-0.2, -0.15) is 0 Å². The molecule has 5 heteroatoms. The van der Waals surface area contributed by atoms with E-state index >= 15 is 0 Å². The van der Waals surface area contributed by atoms with Crippen LogP contribution in [0.1, 0.15) is 50.0 Å². The molecular weight excluding hydrogens is 314 g/mol. The topological polar surface area (TPSA) is 55.0 Å². The molecule has 23 heavy (non-hydrogen) atoms. The lowest BCUT2D eigenvalue weighted by Crippen LogP contribution is -2.12. The summed E-state index contributed by atoms with van der Waals surface area (Å²) in [6.07, 6.45) is 8.08. The summed E-state index contributed by atoms with van der Waals surface area (Å²) in [5, 5.41) is 10.2. The van der Waals surface area contributed by atoms with E-state index < -0.39 is 0 Å². The summed E-state index contributed by atoms with van der Waals surface area (Å²) in [7, 11) is 0. The quantitative estimate of drug-likeness (QED) is 0.730. The second-order valence-electron chi connectivity index (χ2n) is 6.05. The Kier molecular flexibility index (Phi) is 5.23. The van der Waals surface area contributed by atoms with Crippen molar-refractivity contribution in [2.24, 2.45) is 10.9 Å². The van der Waals surface area contributed by atoms with Crippen LogP contribution in [-0.4, -0.2) is 23.5 Å². The van der Waals surface area contributed by atoms with E-state index in [4.69, 9.17) is 20.8 Å². The molecule has 0 bridgehead atoms. The van der Waals surface area contributed by atoms with Crippen LogP contribution in [0.2, 0.25) is 0 Å². The molecule has 0 spiro atoms. The first-order valence-electron chi connectivity index (χ1n) is 8.18. The fourth-order valence-electron chi connectivity index (χ4n) is 3.17. The number of fused-ring (bicyclic) bond motifs is 1. The molecule has 1 fully saturated rings. The largest absolute Gasteiger partial charge is 0.505 e. The van der Waals surface area contributed by atoms with Crippen LogP contribution in [-0.2, 0) is 4.74 Å². The van der Waals surface area contributed by atoms with Crippen molar-refractivity contribution in [1.82, 2.24) is 0 Å². The average molecular weight is 336 g/mol. The maximum atomic E-state index is 9.65. The molecule has 0 aliphatic carbocycles. The number of hydrogen-bond acceptors (Lipinski definition) is 4. The van der Waals surface area contributed by atoms with Crippen LogP contribution in [0.3, 0.4) is 0 Å². The molecule has 0 amide bonds. The summed E-state index contributed by atoms with van der Waals surface area (Å²) in [6, 6.07) is 1.71. The molecule has 4 nitrogen and oxygen atoms in total. The van der Waals surface area contributed by atoms with Crippen molar-refractivity contribution in [1.29, 1.82) is 0 Å². The minimum absolute atomic E-state index is 0.0941. The number of aliphatic hydroxyl groups excluding tert-OH is 1. The Hall–Kier alpha value is -1.52. The maximum absolute atomic E-state index is 9.65. The molecule has 2 aliphatic heterocycles. The zero-order chi connectivity index (χ0) is 16.2. The van der Waals surface area contributed by atoms with Gasteiger partial charge in [-0.25, -0.2) is 4.99 Å². The number of nitrogens with zero attached hydrogens (tertiary/aromatic N) is 1. The molecule has 3 rings (SSSR count). The molecule has 0 aromatic carbocycles. The van der Waals surface area contributed by atoms with Crippen molar-refractivity contribution >= 4 is 33.8 Å². The van der Waals surface area contributed by atoms with Crippen molar-refractivity contribution in [2.75, 3.05) is 13.2 Å². The summed E-state index contributed by atoms with van der Waals surface area (Å²) in [4.78, 5) is 4.45. The molecule has 0 saturated carbocycles. The Morgan fingerprint density at radius 3 is 3.00 bits per heavy atom. The van der Waals surface area contributed by atoms with E-state index in [0.29, 0.717) is 34.7 Å². The van der Waals surface area contributed by atoms with Gasteiger partial charge in [0.05, 0.1) is 0 Å². The minimum Gasteiger partial charge on any atom is -0.505 e. The van der Waals surface area contributed by atoms with Crippen LogP contribution in [0, 0.1) is 5.92 Å². The summed E-state index contributed by atoms with van der Waals surface area (Å²) in [5.41, 5.74) is 1.83. The van der Waals surface area contributed by atoms with Crippen LogP contribution in [0.15, 0.2) is 28.1 Å². The number of hydrogen-bond donors (Lipinski definition) is 1. The maximum Gasteiger partial charge on any atom is 0.170 e. The lowest BCUT2D eigenvalue weighted by molar-refractivity contribution is 0.108. The lowest BCUT2D eigenvalue weighted by Gasteiger charge is -2.23. The van der Waals surface area contributed by atoms with E-state index in [0.717, 1.165) is 50.9 Å². The number of rotatable bonds is 2. The van der Waals surface area contributed by atoms with Gasteiger partial charge in [0.1, 0.15) is 10.9 Å². The van der Waals surface area contributed by atoms with Gasteiger partial charge < -0.3 is 14.3 Å². The first-order chi connectivity index (χ1) is 11.1. The number of furan rings is 1. The minimum atomic E-state index is -0.0941. The molecule has 1 aromatic heterocycles. The third-order valence-corrected chi connectivity index (χ3v) is 4.63. The second kappa shape index (κ2) is 7.37. The number of halogens is 1. The predicted molar refractivity (Wildman–Crippen MR) is 93.3 cm³/mol. The fraction of sp³-hybridized carbons (Fsp3) is 0.500. The summed E-state index contributed by atoms with van der Waals surface area (Å²) in [6.45, 7) is 5.16. The number of allylic oxidation sites excluding steroid dienone is 2. The van der Waals surface area contributed by atoms with Crippen LogP contribution >= 0.6 is 11.6 Å². The van der Waals surface area contributed by atoms with Crippen molar-refractivity contribution in [2.45, 2.75) is 38.5 Å². The summed E-state index contributed by atoms with van der Waals surface area (Å²) < 4.78 is 11.5. The first-order valence-corrected chi connectivity index (χ1v) is 8.56. The SMILES string of the molecule is C=C(O)c1cc2c(o1)/C(C1CCCCOCC1)=C\CC/C(Cl)=N\2. The monoisotopic (exact) mass is 335 g/mol. The van der Waals surface area contributed by atoms with E-state index in [1.165, 1.54) is 0 Å². The van der Waals surface area contributed by atoms with Gasteiger partial charge in [-0.05, 0) is 37.2 Å². The summed E-state index contributed by atoms with van der Waals surface area (Å²) in [5.74, 6) is 1.34. The standard InChI is InChI=1S/C18H22ClNO3/c1-12(21)16-11-15-18(23-16)14(6-4-7-17(19)20-15)13-5-2-3-9-22-10-8-13/h6,11,13,21H,1-5,7-10H2/b14-6-,20-17+.